The van der Waals surface area contributed by atoms with E-state index >= 15 is 0 Å². The first-order valence-electron chi connectivity index (χ1n) is 10.4. The van der Waals surface area contributed by atoms with Crippen molar-refractivity contribution in [2.24, 2.45) is 11.8 Å². The second-order valence-corrected chi connectivity index (χ2v) is 8.32. The van der Waals surface area contributed by atoms with E-state index in [0.717, 1.165) is 41.4 Å². The van der Waals surface area contributed by atoms with Gasteiger partial charge < -0.3 is 14.6 Å². The van der Waals surface area contributed by atoms with Crippen LogP contribution < -0.4 is 0 Å². The smallest absolute Gasteiger partial charge is 0.410 e. The number of nitrogens with one attached hydrogen (secondary N) is 1. The van der Waals surface area contributed by atoms with Gasteiger partial charge in [0.05, 0.1) is 0 Å². The Morgan fingerprint density at radius 3 is 2.90 bits per heavy atom. The van der Waals surface area contributed by atoms with Crippen LogP contribution in [0.15, 0.2) is 54.7 Å². The molecule has 0 bridgehead atoms. The minimum atomic E-state index is -0.242. The van der Waals surface area contributed by atoms with E-state index in [1.54, 1.807) is 0 Å². The zero-order valence-electron chi connectivity index (χ0n) is 16.3. The zero-order valence-corrected chi connectivity index (χ0v) is 16.3. The number of nitrogens with zero attached hydrogens (tertiary/aromatic N) is 1. The highest BCUT2D eigenvalue weighted by molar-refractivity contribution is 5.83. The summed E-state index contributed by atoms with van der Waals surface area (Å²) < 4.78 is 19.2. The molecule has 150 valence electrons. The highest BCUT2D eigenvalue weighted by Crippen LogP contribution is 2.44. The first kappa shape index (κ1) is 18.2. The van der Waals surface area contributed by atoms with Gasteiger partial charge in [0.15, 0.2) is 0 Å². The van der Waals surface area contributed by atoms with Gasteiger partial charge in [-0.15, -0.1) is 0 Å². The Morgan fingerprint density at radius 2 is 2.03 bits per heavy atom. The summed E-state index contributed by atoms with van der Waals surface area (Å²) in [6.07, 6.45) is 6.08. The summed E-state index contributed by atoms with van der Waals surface area (Å²) in [6, 6.07) is 14.8. The second-order valence-electron chi connectivity index (χ2n) is 8.32. The van der Waals surface area contributed by atoms with Gasteiger partial charge in [0.1, 0.15) is 12.4 Å². The Labute approximate surface area is 169 Å². The van der Waals surface area contributed by atoms with Gasteiger partial charge >= 0.3 is 6.09 Å². The van der Waals surface area contributed by atoms with Crippen LogP contribution >= 0.6 is 0 Å². The number of carbonyl (C=O) groups is 1. The fourth-order valence-electron chi connectivity index (χ4n) is 5.24. The van der Waals surface area contributed by atoms with Crippen LogP contribution in [0.4, 0.5) is 9.18 Å². The molecule has 1 aliphatic carbocycles. The quantitative estimate of drug-likeness (QED) is 0.656. The fraction of sp³-hybridized carbons (Fsp3) is 0.375. The van der Waals surface area contributed by atoms with Crippen LogP contribution in [-0.4, -0.2) is 28.6 Å². The molecule has 2 heterocycles. The van der Waals surface area contributed by atoms with E-state index in [9.17, 15) is 9.18 Å². The van der Waals surface area contributed by atoms with Crippen LogP contribution in [0.1, 0.15) is 30.4 Å². The average molecular weight is 392 g/mol. The summed E-state index contributed by atoms with van der Waals surface area (Å²) in [6.45, 7) is 1.07. The largest absolute Gasteiger partial charge is 0.445 e. The molecule has 1 amide bonds. The molecule has 3 aromatic rings. The Balaban J connectivity index is 1.35. The zero-order chi connectivity index (χ0) is 19.8. The second kappa shape index (κ2) is 7.54. The Kier molecular flexibility index (Phi) is 4.74. The monoisotopic (exact) mass is 392 g/mol. The van der Waals surface area contributed by atoms with Crippen LogP contribution in [0, 0.1) is 17.7 Å². The van der Waals surface area contributed by atoms with Gasteiger partial charge in [-0.25, -0.2) is 9.18 Å². The van der Waals surface area contributed by atoms with E-state index in [1.165, 1.54) is 25.0 Å². The lowest BCUT2D eigenvalue weighted by atomic mass is 9.90. The first-order chi connectivity index (χ1) is 14.2. The normalized spacial score (nSPS) is 23.5. The number of H-pyrrole nitrogens is 1. The van der Waals surface area contributed by atoms with Crippen molar-refractivity contribution in [3.8, 4) is 0 Å². The van der Waals surface area contributed by atoms with Gasteiger partial charge in [-0.2, -0.15) is 0 Å². The summed E-state index contributed by atoms with van der Waals surface area (Å²) in [4.78, 5) is 18.1. The number of carbonyl (C=O) groups excluding carboxylic acids is 1. The number of ether oxygens (including phenoxy) is 1. The predicted molar refractivity (Wildman–Crippen MR) is 110 cm³/mol. The summed E-state index contributed by atoms with van der Waals surface area (Å²) in [7, 11) is 0. The highest BCUT2D eigenvalue weighted by atomic mass is 19.1. The van der Waals surface area contributed by atoms with Crippen molar-refractivity contribution < 1.29 is 13.9 Å². The van der Waals surface area contributed by atoms with Crippen molar-refractivity contribution in [2.75, 3.05) is 6.54 Å². The summed E-state index contributed by atoms with van der Waals surface area (Å²) in [5.41, 5.74) is 2.94. The number of fused-ring (bicyclic) bond motifs is 2. The minimum absolute atomic E-state index is 0.134. The van der Waals surface area contributed by atoms with E-state index < -0.39 is 0 Å². The van der Waals surface area contributed by atoms with Crippen molar-refractivity contribution in [2.45, 2.75) is 38.3 Å². The van der Waals surface area contributed by atoms with Crippen molar-refractivity contribution >= 4 is 17.0 Å². The molecule has 1 aliphatic heterocycles. The number of halogens is 1. The molecule has 29 heavy (non-hydrogen) atoms. The third-order valence-electron chi connectivity index (χ3n) is 6.64. The van der Waals surface area contributed by atoms with Crippen molar-refractivity contribution in [3.05, 3.63) is 71.7 Å². The van der Waals surface area contributed by atoms with Gasteiger partial charge in [0.2, 0.25) is 0 Å². The topological polar surface area (TPSA) is 45.3 Å². The molecule has 0 unspecified atom stereocenters. The van der Waals surface area contributed by atoms with Gasteiger partial charge in [0, 0.05) is 29.7 Å². The lowest BCUT2D eigenvalue weighted by Crippen LogP contribution is -2.39. The maximum atomic E-state index is 13.5. The van der Waals surface area contributed by atoms with Crippen molar-refractivity contribution in [3.63, 3.8) is 0 Å². The third-order valence-corrected chi connectivity index (χ3v) is 6.64. The van der Waals surface area contributed by atoms with E-state index in [0.29, 0.717) is 18.4 Å². The van der Waals surface area contributed by atoms with Crippen molar-refractivity contribution in [1.29, 1.82) is 0 Å². The molecule has 5 heteroatoms. The predicted octanol–water partition coefficient (Wildman–Crippen LogP) is 5.29. The Bertz CT molecular complexity index is 1020. The van der Waals surface area contributed by atoms with Crippen LogP contribution in [0.3, 0.4) is 0 Å². The van der Waals surface area contributed by atoms with E-state index in [1.807, 2.05) is 47.5 Å². The standard InChI is InChI=1S/C24H25FN2O2/c25-19-9-10-20-18(13-26-22(20)12-19)11-23-21-8-4-7-17(21)14-27(23)24(28)29-15-16-5-2-1-3-6-16/h1-3,5-6,9-10,12-13,17,21,23,26H,4,7-8,11,14-15H2/t17-,21-,23+/m0/s1. The number of benzene rings is 2. The molecule has 1 saturated heterocycles. The molecule has 1 aromatic heterocycles. The van der Waals surface area contributed by atoms with Gasteiger partial charge in [-0.05, 0) is 60.4 Å². The molecule has 2 aliphatic rings. The van der Waals surface area contributed by atoms with Crippen LogP contribution in [0.2, 0.25) is 0 Å². The fourth-order valence-corrected chi connectivity index (χ4v) is 5.24. The summed E-state index contributed by atoms with van der Waals surface area (Å²) in [5, 5.41) is 1.03. The molecule has 0 spiro atoms. The maximum absolute atomic E-state index is 13.5. The number of hydrogen-bond donors (Lipinski definition) is 1. The molecule has 1 N–H and O–H groups in total. The van der Waals surface area contributed by atoms with Crippen LogP contribution in [0.25, 0.3) is 10.9 Å². The van der Waals surface area contributed by atoms with Gasteiger partial charge in [-0.3, -0.25) is 0 Å². The Hall–Kier alpha value is -2.82. The molecular weight excluding hydrogens is 367 g/mol. The molecule has 3 atom stereocenters. The first-order valence-corrected chi connectivity index (χ1v) is 10.4. The number of aromatic nitrogens is 1. The average Bonchev–Trinajstić information content (AvgIpc) is 3.43. The number of rotatable bonds is 4. The van der Waals surface area contributed by atoms with E-state index in [2.05, 4.69) is 4.98 Å². The molecule has 1 saturated carbocycles. The molecule has 5 rings (SSSR count). The molecule has 4 nitrogen and oxygen atoms in total. The Morgan fingerprint density at radius 1 is 1.17 bits per heavy atom. The summed E-state index contributed by atoms with van der Waals surface area (Å²) >= 11 is 0. The lowest BCUT2D eigenvalue weighted by Gasteiger charge is -2.27. The molecule has 2 aromatic carbocycles. The SMILES string of the molecule is O=C(OCc1ccccc1)N1C[C@@H]2CCC[C@@H]2[C@H]1Cc1c[nH]c2cc(F)ccc12. The number of aromatic amines is 1. The minimum Gasteiger partial charge on any atom is -0.445 e. The third kappa shape index (κ3) is 3.50. The number of amides is 1. The van der Waals surface area contributed by atoms with Crippen LogP contribution in [0.5, 0.6) is 0 Å². The number of likely N-dealkylation sites (tertiary alicyclic amines) is 1. The lowest BCUT2D eigenvalue weighted by molar-refractivity contribution is 0.0872. The molecule has 2 fully saturated rings. The molecular formula is C24H25FN2O2. The number of hydrogen-bond acceptors (Lipinski definition) is 2. The van der Waals surface area contributed by atoms with Crippen molar-refractivity contribution in [1.82, 2.24) is 9.88 Å². The van der Waals surface area contributed by atoms with E-state index in [-0.39, 0.29) is 18.0 Å². The van der Waals surface area contributed by atoms with E-state index in [4.69, 9.17) is 4.74 Å². The van der Waals surface area contributed by atoms with Crippen LogP contribution in [-0.2, 0) is 17.8 Å². The van der Waals surface area contributed by atoms with Gasteiger partial charge in [-0.1, -0.05) is 36.8 Å². The maximum Gasteiger partial charge on any atom is 0.410 e. The highest BCUT2D eigenvalue weighted by Gasteiger charge is 2.46. The van der Waals surface area contributed by atoms with Gasteiger partial charge in [0.25, 0.3) is 0 Å². The summed E-state index contributed by atoms with van der Waals surface area (Å²) in [5.74, 6) is 0.838. The molecule has 0 radical (unpaired) electrons.